The summed E-state index contributed by atoms with van der Waals surface area (Å²) in [5.41, 5.74) is 0. The van der Waals surface area contributed by atoms with Crippen LogP contribution >= 0.6 is 7.82 Å². The molecule has 0 rings (SSSR count). The molecule has 1 unspecified atom stereocenters. The molecule has 0 amide bonds. The largest absolute Gasteiger partial charge is 1.00 e. The third-order valence-corrected chi connectivity index (χ3v) is 0.283. The average molecular weight is 190 g/mol. The van der Waals surface area contributed by atoms with E-state index in [1.54, 1.807) is 0 Å². The minimum absolute atomic E-state index is 0. The zero-order valence-electron chi connectivity index (χ0n) is 4.53. The molecule has 8 heteroatoms. The van der Waals surface area contributed by atoms with Gasteiger partial charge in [-0.15, -0.1) is 0 Å². The summed E-state index contributed by atoms with van der Waals surface area (Å²) < 4.78 is 11.3. The molecule has 38 valence electrons. The van der Waals surface area contributed by atoms with Crippen LogP contribution in [0.15, 0.2) is 0 Å². The van der Waals surface area contributed by atoms with Crippen LogP contribution in [0.4, 0.5) is 0 Å². The predicted molar refractivity (Wildman–Crippen MR) is 10.9 cm³/mol. The Labute approximate surface area is 131 Å². The second kappa shape index (κ2) is 8.44. The first-order valence-electron chi connectivity index (χ1n) is 0.914. The van der Waals surface area contributed by atoms with Crippen LogP contribution in [0.5, 0.6) is 0 Å². The Hall–Kier alpha value is 3.34. The normalized spacial score (nSPS) is 14.9. The smallest absolute Gasteiger partial charge is 0.757 e. The molecule has 1 N–H and O–H groups in total. The molecule has 0 aliphatic rings. The van der Waals surface area contributed by atoms with Crippen LogP contribution in [0.2, 0.25) is 0 Å². The van der Waals surface area contributed by atoms with E-state index in [2.05, 4.69) is 4.67 Å². The van der Waals surface area contributed by atoms with Crippen molar-refractivity contribution in [2.24, 2.45) is 0 Å². The Balaban J connectivity index is -0.000000125. The molecule has 1 atom stereocenters. The Kier molecular flexibility index (Phi) is 18.4. The van der Waals surface area contributed by atoms with E-state index in [4.69, 9.17) is 19.6 Å². The molecule has 0 fully saturated rings. The summed E-state index contributed by atoms with van der Waals surface area (Å²) in [4.78, 5) is 16.3. The topological polar surface area (TPSA) is 92.7 Å². The van der Waals surface area contributed by atoms with Gasteiger partial charge in [0.05, 0.1) is 0 Å². The summed E-state index contributed by atoms with van der Waals surface area (Å²) in [5.74, 6) is 0. The monoisotopic (exact) mass is 190 g/mol. The molecule has 0 saturated heterocycles. The van der Waals surface area contributed by atoms with E-state index >= 15 is 0 Å². The van der Waals surface area contributed by atoms with Crippen LogP contribution in [0.3, 0.4) is 0 Å². The molecular weight excluding hydrogens is 189 g/mol. The molecule has 0 saturated carbocycles. The van der Waals surface area contributed by atoms with Gasteiger partial charge in [0.2, 0.25) is 0 Å². The van der Waals surface area contributed by atoms with Crippen molar-refractivity contribution in [3.05, 3.63) is 0 Å². The summed E-state index contributed by atoms with van der Waals surface area (Å²) in [5, 5.41) is 8.63. The van der Waals surface area contributed by atoms with Gasteiger partial charge in [0.25, 0.3) is 7.82 Å². The summed E-state index contributed by atoms with van der Waals surface area (Å²) in [6, 6.07) is 0. The maximum absolute atomic E-state index is 9.05. The number of phosphoric acid groups is 1. The Morgan fingerprint density at radius 3 is 1.62 bits per heavy atom. The Bertz CT molecular complexity index is 74.5. The van der Waals surface area contributed by atoms with Gasteiger partial charge in [-0.2, -0.15) is 0 Å². The van der Waals surface area contributed by atoms with Gasteiger partial charge in [0.15, 0.2) is 0 Å². The van der Waals surface area contributed by atoms with E-state index in [1.165, 1.54) is 0 Å². The molecule has 0 heterocycles. The van der Waals surface area contributed by atoms with Crippen molar-refractivity contribution in [3.63, 3.8) is 0 Å². The van der Waals surface area contributed by atoms with Gasteiger partial charge in [-0.3, -0.25) is 4.57 Å². The number of rotatable bonds is 1. The van der Waals surface area contributed by atoms with Crippen LogP contribution < -0.4 is 113 Å². The zero-order valence-corrected chi connectivity index (χ0v) is 11.7. The van der Waals surface area contributed by atoms with Gasteiger partial charge >= 0.3 is 103 Å². The third-order valence-electron chi connectivity index (χ3n) is 0.0942. The minimum atomic E-state index is -4.95. The van der Waals surface area contributed by atoms with Crippen LogP contribution in [0.25, 0.3) is 0 Å². The van der Waals surface area contributed by atoms with Gasteiger partial charge in [0.1, 0.15) is 0 Å². The molecule has 0 aromatic rings. The second-order valence-corrected chi connectivity index (χ2v) is 1.63. The van der Waals surface area contributed by atoms with Crippen LogP contribution in [-0.2, 0) is 9.24 Å². The molecule has 0 aromatic carbocycles. The van der Waals surface area contributed by atoms with E-state index < -0.39 is 7.82 Å². The zero-order chi connectivity index (χ0) is 5.21. The van der Waals surface area contributed by atoms with E-state index in [1.807, 2.05) is 0 Å². The van der Waals surface area contributed by atoms with Crippen molar-refractivity contribution in [2.45, 2.75) is 0 Å². The fourth-order valence-corrected chi connectivity index (χ4v) is 0. The number of hydrogen-bond acceptors (Lipinski definition) is 4. The average Bonchev–Trinajstić information content (AvgIpc) is 1.35. The predicted octanol–water partition coefficient (Wildman–Crippen LogP) is -8.25. The fraction of sp³-hybridized carbons (Fsp3) is 0. The van der Waals surface area contributed by atoms with Gasteiger partial charge in [-0.25, -0.2) is 0 Å². The Morgan fingerprint density at radius 2 is 1.62 bits per heavy atom. The molecule has 5 nitrogen and oxygen atoms in total. The Morgan fingerprint density at radius 1 is 1.50 bits per heavy atom. The first kappa shape index (κ1) is 17.4. The summed E-state index contributed by atoms with van der Waals surface area (Å²) in [6.45, 7) is 0. The molecule has 0 spiro atoms. The quantitative estimate of drug-likeness (QED) is 0.192. The van der Waals surface area contributed by atoms with Crippen molar-refractivity contribution in [1.29, 1.82) is 0 Å². The fourth-order valence-electron chi connectivity index (χ4n) is 0. The van der Waals surface area contributed by atoms with Crippen molar-refractivity contribution >= 4 is 7.82 Å². The van der Waals surface area contributed by atoms with E-state index in [9.17, 15) is 0 Å². The molecule has 0 bridgehead atoms. The molecule has 0 radical (unpaired) electrons. The summed E-state index contributed by atoms with van der Waals surface area (Å²) in [7, 11) is -4.95. The SMILES string of the molecule is O=P([O-])(O)O[O-].[K+].[K+]. The molecule has 0 aliphatic heterocycles. The van der Waals surface area contributed by atoms with Gasteiger partial charge in [-0.05, 0) is 0 Å². The van der Waals surface area contributed by atoms with Crippen molar-refractivity contribution in [3.8, 4) is 0 Å². The first-order valence-corrected chi connectivity index (χ1v) is 2.41. The molecule has 8 heavy (non-hydrogen) atoms. The maximum atomic E-state index is 9.05. The van der Waals surface area contributed by atoms with E-state index in [0.717, 1.165) is 0 Å². The molecule has 0 aliphatic carbocycles. The van der Waals surface area contributed by atoms with E-state index in [0.29, 0.717) is 0 Å². The maximum Gasteiger partial charge on any atom is 1.00 e. The van der Waals surface area contributed by atoms with Gasteiger partial charge < -0.3 is 19.7 Å². The van der Waals surface area contributed by atoms with Gasteiger partial charge in [0, 0.05) is 0 Å². The molecular formula is HK2O5P. The van der Waals surface area contributed by atoms with E-state index in [-0.39, 0.29) is 103 Å². The van der Waals surface area contributed by atoms with Crippen molar-refractivity contribution in [2.75, 3.05) is 0 Å². The van der Waals surface area contributed by atoms with Crippen LogP contribution in [-0.4, -0.2) is 4.89 Å². The standard InChI is InChI=1S/2K.H3O5P/c;;1-5-6(2,3)4/h;;1H,(H2,2,3,4)/q2*+1;/p-2. The van der Waals surface area contributed by atoms with Crippen molar-refractivity contribution < 1.29 is 127 Å². The minimum Gasteiger partial charge on any atom is -0.757 e. The first-order chi connectivity index (χ1) is 2.56. The van der Waals surface area contributed by atoms with Crippen LogP contribution in [0.1, 0.15) is 0 Å². The third kappa shape index (κ3) is 16.2. The molecule has 0 aromatic heterocycles. The van der Waals surface area contributed by atoms with Crippen LogP contribution in [0, 0.1) is 0 Å². The van der Waals surface area contributed by atoms with Crippen molar-refractivity contribution in [1.82, 2.24) is 0 Å². The summed E-state index contributed by atoms with van der Waals surface area (Å²) in [6.07, 6.45) is 0. The summed E-state index contributed by atoms with van der Waals surface area (Å²) >= 11 is 0. The number of hydrogen-bond donors (Lipinski definition) is 1. The van der Waals surface area contributed by atoms with Gasteiger partial charge in [-0.1, -0.05) is 0 Å². The second-order valence-electron chi connectivity index (χ2n) is 0.543.